The van der Waals surface area contributed by atoms with Gasteiger partial charge in [0.25, 0.3) is 0 Å². The highest BCUT2D eigenvalue weighted by Gasteiger charge is 1.95. The number of nitrogens with zero attached hydrogens (tertiary/aromatic N) is 1. The molecule has 0 aromatic rings. The van der Waals surface area contributed by atoms with Crippen LogP contribution in [0.5, 0.6) is 0 Å². The van der Waals surface area contributed by atoms with Gasteiger partial charge < -0.3 is 22.0 Å². The van der Waals surface area contributed by atoms with E-state index in [-0.39, 0.29) is 11.7 Å². The molecule has 0 heterocycles. The van der Waals surface area contributed by atoms with E-state index < -0.39 is 0 Å². The van der Waals surface area contributed by atoms with Crippen molar-refractivity contribution in [2.24, 2.45) is 16.6 Å². The van der Waals surface area contributed by atoms with Gasteiger partial charge in [0.05, 0.1) is 0 Å². The van der Waals surface area contributed by atoms with Crippen LogP contribution >= 0.6 is 0 Å². The van der Waals surface area contributed by atoms with Crippen molar-refractivity contribution >= 4 is 11.7 Å². The number of carbonyl (C=O) groups is 1. The van der Waals surface area contributed by atoms with Gasteiger partial charge in [-0.15, -0.1) is 0 Å². The topological polar surface area (TPSA) is 114 Å². The third-order valence-corrected chi connectivity index (χ3v) is 1.94. The summed E-state index contributed by atoms with van der Waals surface area (Å²) in [6.45, 7) is 1.67. The molecular formula is C9H20N4O2. The lowest BCUT2D eigenvalue weighted by Crippen LogP contribution is -2.20. The van der Waals surface area contributed by atoms with Gasteiger partial charge in [0.15, 0.2) is 0 Å². The number of carbonyl (C=O) groups excluding carboxylic acids is 1. The molecular weight excluding hydrogens is 196 g/mol. The lowest BCUT2D eigenvalue weighted by atomic mass is 10.2. The molecule has 0 aliphatic heterocycles. The van der Waals surface area contributed by atoms with E-state index in [1.54, 1.807) is 0 Å². The summed E-state index contributed by atoms with van der Waals surface area (Å²) < 4.78 is 0. The average Bonchev–Trinajstić information content (AvgIpc) is 2.21. The first-order chi connectivity index (χ1) is 7.16. The molecule has 0 saturated carbocycles. The highest BCUT2D eigenvalue weighted by Crippen LogP contribution is 1.94. The van der Waals surface area contributed by atoms with Gasteiger partial charge in [0, 0.05) is 12.8 Å². The second-order valence-corrected chi connectivity index (χ2v) is 3.37. The first-order valence-corrected chi connectivity index (χ1v) is 5.12. The molecule has 15 heavy (non-hydrogen) atoms. The van der Waals surface area contributed by atoms with Crippen molar-refractivity contribution in [3.63, 3.8) is 0 Å². The minimum Gasteiger partial charge on any atom is -0.409 e. The SMILES string of the molecule is NC(=O)CCCNCCCCC(N)=NO. The lowest BCUT2D eigenvalue weighted by Gasteiger charge is -2.03. The van der Waals surface area contributed by atoms with Crippen molar-refractivity contribution in [1.82, 2.24) is 5.32 Å². The number of primary amides is 1. The maximum absolute atomic E-state index is 10.4. The van der Waals surface area contributed by atoms with Crippen molar-refractivity contribution in [1.29, 1.82) is 0 Å². The Morgan fingerprint density at radius 2 is 1.80 bits per heavy atom. The van der Waals surface area contributed by atoms with E-state index in [9.17, 15) is 4.79 Å². The summed E-state index contributed by atoms with van der Waals surface area (Å²) in [5.74, 6) is 0.00691. The highest BCUT2D eigenvalue weighted by atomic mass is 16.4. The van der Waals surface area contributed by atoms with Crippen LogP contribution in [0.15, 0.2) is 5.16 Å². The van der Waals surface area contributed by atoms with Crippen molar-refractivity contribution in [3.8, 4) is 0 Å². The molecule has 88 valence electrons. The molecule has 0 aliphatic rings. The summed E-state index contributed by atoms with van der Waals surface area (Å²) in [6.07, 6.45) is 3.66. The molecule has 6 heteroatoms. The zero-order valence-corrected chi connectivity index (χ0v) is 8.91. The van der Waals surface area contributed by atoms with Crippen LogP contribution in [-0.4, -0.2) is 30.0 Å². The molecule has 0 aromatic heterocycles. The van der Waals surface area contributed by atoms with Gasteiger partial charge in [-0.25, -0.2) is 0 Å². The minimum atomic E-state index is -0.260. The smallest absolute Gasteiger partial charge is 0.217 e. The maximum atomic E-state index is 10.4. The molecule has 0 unspecified atom stereocenters. The second-order valence-electron chi connectivity index (χ2n) is 3.37. The quantitative estimate of drug-likeness (QED) is 0.140. The molecule has 1 amide bonds. The standard InChI is InChI=1S/C9H20N4O2/c10-8(13-15)4-1-2-6-12-7-3-5-9(11)14/h12,15H,1-7H2,(H2,10,13)(H2,11,14). The molecule has 0 aliphatic carbocycles. The number of hydrogen-bond donors (Lipinski definition) is 4. The van der Waals surface area contributed by atoms with E-state index in [2.05, 4.69) is 10.5 Å². The third-order valence-electron chi connectivity index (χ3n) is 1.94. The molecule has 0 radical (unpaired) electrons. The van der Waals surface area contributed by atoms with Crippen LogP contribution in [0.2, 0.25) is 0 Å². The third kappa shape index (κ3) is 10.6. The Morgan fingerprint density at radius 1 is 1.13 bits per heavy atom. The van der Waals surface area contributed by atoms with E-state index in [0.717, 1.165) is 32.4 Å². The Kier molecular flexibility index (Phi) is 8.46. The summed E-state index contributed by atoms with van der Waals surface area (Å²) in [6, 6.07) is 0. The van der Waals surface area contributed by atoms with Crippen LogP contribution in [0, 0.1) is 0 Å². The Bertz CT molecular complexity index is 206. The molecule has 0 rings (SSSR count). The summed E-state index contributed by atoms with van der Waals surface area (Å²) in [5, 5.41) is 14.3. The zero-order chi connectivity index (χ0) is 11.5. The fourth-order valence-corrected chi connectivity index (χ4v) is 1.12. The van der Waals surface area contributed by atoms with Gasteiger partial charge in [-0.1, -0.05) is 5.16 Å². The molecule has 0 fully saturated rings. The average molecular weight is 216 g/mol. The lowest BCUT2D eigenvalue weighted by molar-refractivity contribution is -0.118. The minimum absolute atomic E-state index is 0.260. The fourth-order valence-electron chi connectivity index (χ4n) is 1.12. The second kappa shape index (κ2) is 9.26. The number of amidine groups is 1. The van der Waals surface area contributed by atoms with Crippen molar-refractivity contribution in [3.05, 3.63) is 0 Å². The van der Waals surface area contributed by atoms with Gasteiger partial charge >= 0.3 is 0 Å². The summed E-state index contributed by atoms with van der Waals surface area (Å²) in [5.41, 5.74) is 10.3. The number of rotatable bonds is 9. The molecule has 0 atom stereocenters. The first kappa shape index (κ1) is 13.7. The van der Waals surface area contributed by atoms with Crippen LogP contribution in [-0.2, 0) is 4.79 Å². The van der Waals surface area contributed by atoms with Crippen LogP contribution in [0.3, 0.4) is 0 Å². The largest absolute Gasteiger partial charge is 0.409 e. The Hall–Kier alpha value is -1.30. The van der Waals surface area contributed by atoms with Gasteiger partial charge in [0.2, 0.25) is 5.91 Å². The highest BCUT2D eigenvalue weighted by molar-refractivity contribution is 5.79. The molecule has 0 bridgehead atoms. The Labute approximate surface area is 89.7 Å². The molecule has 0 saturated heterocycles. The fraction of sp³-hybridized carbons (Fsp3) is 0.778. The predicted octanol–water partition coefficient (Wildman–Crippen LogP) is -0.242. The summed E-state index contributed by atoms with van der Waals surface area (Å²) >= 11 is 0. The van der Waals surface area contributed by atoms with Crippen LogP contribution in [0.25, 0.3) is 0 Å². The number of amides is 1. The number of nitrogens with one attached hydrogen (secondary N) is 1. The molecule has 6 N–H and O–H groups in total. The molecule has 6 nitrogen and oxygen atoms in total. The number of hydrogen-bond acceptors (Lipinski definition) is 4. The monoisotopic (exact) mass is 216 g/mol. The normalized spacial score (nSPS) is 11.6. The Balaban J connectivity index is 3.08. The van der Waals surface area contributed by atoms with Crippen LogP contribution in [0.1, 0.15) is 32.1 Å². The van der Waals surface area contributed by atoms with E-state index in [1.807, 2.05) is 0 Å². The van der Waals surface area contributed by atoms with Gasteiger partial charge in [-0.3, -0.25) is 4.79 Å². The van der Waals surface area contributed by atoms with Crippen molar-refractivity contribution in [2.75, 3.05) is 13.1 Å². The van der Waals surface area contributed by atoms with E-state index in [4.69, 9.17) is 16.7 Å². The van der Waals surface area contributed by atoms with Gasteiger partial charge in [-0.05, 0) is 32.4 Å². The number of nitrogens with two attached hydrogens (primary N) is 2. The van der Waals surface area contributed by atoms with Gasteiger partial charge in [-0.2, -0.15) is 0 Å². The van der Waals surface area contributed by atoms with Crippen molar-refractivity contribution in [2.45, 2.75) is 32.1 Å². The van der Waals surface area contributed by atoms with Crippen molar-refractivity contribution < 1.29 is 10.0 Å². The van der Waals surface area contributed by atoms with E-state index in [0.29, 0.717) is 12.8 Å². The molecule has 0 aromatic carbocycles. The maximum Gasteiger partial charge on any atom is 0.217 e. The van der Waals surface area contributed by atoms with Crippen LogP contribution < -0.4 is 16.8 Å². The predicted molar refractivity (Wildman–Crippen MR) is 58.6 cm³/mol. The van der Waals surface area contributed by atoms with E-state index >= 15 is 0 Å². The summed E-state index contributed by atoms with van der Waals surface area (Å²) in [7, 11) is 0. The Morgan fingerprint density at radius 3 is 2.40 bits per heavy atom. The molecule has 0 spiro atoms. The number of oxime groups is 1. The summed E-state index contributed by atoms with van der Waals surface area (Å²) in [4.78, 5) is 10.4. The number of unbranched alkanes of at least 4 members (excludes halogenated alkanes) is 1. The van der Waals surface area contributed by atoms with Gasteiger partial charge in [0.1, 0.15) is 5.84 Å². The van der Waals surface area contributed by atoms with E-state index in [1.165, 1.54) is 0 Å². The van der Waals surface area contributed by atoms with Crippen LogP contribution in [0.4, 0.5) is 0 Å². The first-order valence-electron chi connectivity index (χ1n) is 5.12. The zero-order valence-electron chi connectivity index (χ0n) is 8.91.